The van der Waals surface area contributed by atoms with Gasteiger partial charge in [-0.15, -0.1) is 0 Å². The Morgan fingerprint density at radius 3 is 2.32 bits per heavy atom. The summed E-state index contributed by atoms with van der Waals surface area (Å²) in [5, 5.41) is 0.587. The summed E-state index contributed by atoms with van der Waals surface area (Å²) in [5.41, 5.74) is 0.580. The van der Waals surface area contributed by atoms with E-state index in [1.807, 2.05) is 0 Å². The van der Waals surface area contributed by atoms with E-state index in [-0.39, 0.29) is 5.91 Å². The molecule has 0 N–H and O–H groups in total. The van der Waals surface area contributed by atoms with Crippen molar-refractivity contribution in [1.29, 1.82) is 0 Å². The minimum Gasteiger partial charge on any atom is -0.383 e. The van der Waals surface area contributed by atoms with Crippen molar-refractivity contribution in [3.8, 4) is 0 Å². The molecule has 0 saturated carbocycles. The van der Waals surface area contributed by atoms with Crippen LogP contribution in [-0.4, -0.2) is 51.3 Å². The molecule has 6 heteroatoms. The maximum atomic E-state index is 12.4. The van der Waals surface area contributed by atoms with Crippen molar-refractivity contribution in [3.05, 3.63) is 33.3 Å². The number of nitrogens with zero attached hydrogens (tertiary/aromatic N) is 1. The third-order valence-corrected chi connectivity index (χ3v) is 3.47. The number of benzene rings is 1. The molecule has 19 heavy (non-hydrogen) atoms. The monoisotopic (exact) mass is 349 g/mol. The van der Waals surface area contributed by atoms with E-state index in [1.165, 1.54) is 0 Å². The molecule has 0 aliphatic carbocycles. The maximum absolute atomic E-state index is 12.4. The molecule has 0 atom stereocenters. The Hall–Kier alpha value is -0.620. The number of hydrogen-bond acceptors (Lipinski definition) is 3. The van der Waals surface area contributed by atoms with Crippen molar-refractivity contribution >= 4 is 33.4 Å². The van der Waals surface area contributed by atoms with Gasteiger partial charge in [-0.25, -0.2) is 0 Å². The van der Waals surface area contributed by atoms with Gasteiger partial charge in [0.25, 0.3) is 5.91 Å². The second-order valence-electron chi connectivity index (χ2n) is 3.90. The highest BCUT2D eigenvalue weighted by molar-refractivity contribution is 9.10. The second-order valence-corrected chi connectivity index (χ2v) is 5.19. The predicted molar refractivity (Wildman–Crippen MR) is 78.8 cm³/mol. The molecule has 1 aromatic carbocycles. The van der Waals surface area contributed by atoms with Crippen molar-refractivity contribution in [2.24, 2.45) is 0 Å². The fourth-order valence-electron chi connectivity index (χ4n) is 1.55. The zero-order chi connectivity index (χ0) is 14.3. The largest absolute Gasteiger partial charge is 0.383 e. The summed E-state index contributed by atoms with van der Waals surface area (Å²) < 4.78 is 10.7. The van der Waals surface area contributed by atoms with Crippen LogP contribution < -0.4 is 0 Å². The molecule has 0 saturated heterocycles. The van der Waals surface area contributed by atoms with Gasteiger partial charge in [0.15, 0.2) is 0 Å². The smallest absolute Gasteiger partial charge is 0.255 e. The molecule has 106 valence electrons. The van der Waals surface area contributed by atoms with E-state index in [4.69, 9.17) is 21.1 Å². The fraction of sp³-hybridized carbons (Fsp3) is 0.462. The van der Waals surface area contributed by atoms with Crippen LogP contribution in [0.25, 0.3) is 0 Å². The van der Waals surface area contributed by atoms with Crippen LogP contribution in [-0.2, 0) is 9.47 Å². The summed E-state index contributed by atoms with van der Waals surface area (Å²) in [6, 6.07) is 5.12. The van der Waals surface area contributed by atoms with E-state index in [0.717, 1.165) is 0 Å². The van der Waals surface area contributed by atoms with Crippen LogP contribution in [0.2, 0.25) is 5.02 Å². The van der Waals surface area contributed by atoms with Crippen LogP contribution >= 0.6 is 27.5 Å². The Labute approximate surface area is 126 Å². The Morgan fingerprint density at radius 1 is 1.26 bits per heavy atom. The molecule has 1 amide bonds. The van der Waals surface area contributed by atoms with Crippen LogP contribution in [0.5, 0.6) is 0 Å². The average molecular weight is 351 g/mol. The number of ether oxygens (including phenoxy) is 2. The number of hydrogen-bond donors (Lipinski definition) is 0. The molecule has 0 aliphatic heterocycles. The summed E-state index contributed by atoms with van der Waals surface area (Å²) in [6.45, 7) is 2.02. The maximum Gasteiger partial charge on any atom is 0.255 e. The van der Waals surface area contributed by atoms with Crippen LogP contribution in [0.4, 0.5) is 0 Å². The molecular formula is C13H17BrClNO3. The molecule has 0 aromatic heterocycles. The summed E-state index contributed by atoms with van der Waals surface area (Å²) in [6.07, 6.45) is 0. The first kappa shape index (κ1) is 16.4. The summed E-state index contributed by atoms with van der Waals surface area (Å²) in [5.74, 6) is -0.0716. The summed E-state index contributed by atoms with van der Waals surface area (Å²) >= 11 is 9.23. The van der Waals surface area contributed by atoms with E-state index in [9.17, 15) is 4.79 Å². The lowest BCUT2D eigenvalue weighted by Crippen LogP contribution is -2.36. The summed E-state index contributed by atoms with van der Waals surface area (Å²) in [4.78, 5) is 14.1. The molecule has 0 heterocycles. The Balaban J connectivity index is 2.84. The Morgan fingerprint density at radius 2 is 1.84 bits per heavy atom. The third kappa shape index (κ3) is 5.10. The highest BCUT2D eigenvalue weighted by atomic mass is 79.9. The second kappa shape index (κ2) is 8.53. The molecule has 0 radical (unpaired) electrons. The van der Waals surface area contributed by atoms with Gasteiger partial charge in [-0.1, -0.05) is 11.6 Å². The topological polar surface area (TPSA) is 38.8 Å². The van der Waals surface area contributed by atoms with Crippen molar-refractivity contribution in [1.82, 2.24) is 4.90 Å². The van der Waals surface area contributed by atoms with E-state index < -0.39 is 0 Å². The summed E-state index contributed by atoms with van der Waals surface area (Å²) in [7, 11) is 3.22. The van der Waals surface area contributed by atoms with Gasteiger partial charge in [-0.05, 0) is 34.1 Å². The van der Waals surface area contributed by atoms with Gasteiger partial charge in [-0.3, -0.25) is 4.79 Å². The number of rotatable bonds is 7. The van der Waals surface area contributed by atoms with Crippen molar-refractivity contribution in [2.45, 2.75) is 0 Å². The van der Waals surface area contributed by atoms with Gasteiger partial charge in [-0.2, -0.15) is 0 Å². The van der Waals surface area contributed by atoms with Gasteiger partial charge >= 0.3 is 0 Å². The lowest BCUT2D eigenvalue weighted by atomic mass is 10.2. The zero-order valence-electron chi connectivity index (χ0n) is 11.0. The zero-order valence-corrected chi connectivity index (χ0v) is 13.3. The lowest BCUT2D eigenvalue weighted by molar-refractivity contribution is 0.0626. The third-order valence-electron chi connectivity index (χ3n) is 2.58. The first-order valence-electron chi connectivity index (χ1n) is 5.82. The molecule has 1 rings (SSSR count). The number of methoxy groups -OCH3 is 2. The first-order chi connectivity index (χ1) is 9.10. The molecule has 0 spiro atoms. The quantitative estimate of drug-likeness (QED) is 0.759. The SMILES string of the molecule is COCCN(CCOC)C(=O)c1ccc(Cl)cc1Br. The van der Waals surface area contributed by atoms with E-state index in [0.29, 0.717) is 41.4 Å². The standard InChI is InChI=1S/C13H17BrClNO3/c1-18-7-5-16(6-8-19-2)13(17)11-4-3-10(15)9-12(11)14/h3-4,9H,5-8H2,1-2H3. The minimum absolute atomic E-state index is 0.0716. The van der Waals surface area contributed by atoms with Gasteiger partial charge in [0.1, 0.15) is 0 Å². The molecule has 0 unspecified atom stereocenters. The van der Waals surface area contributed by atoms with Gasteiger partial charge in [0.05, 0.1) is 18.8 Å². The molecular weight excluding hydrogens is 334 g/mol. The predicted octanol–water partition coefficient (Wildman–Crippen LogP) is 2.84. The molecule has 0 aliphatic rings. The highest BCUT2D eigenvalue weighted by Gasteiger charge is 2.17. The van der Waals surface area contributed by atoms with E-state index in [2.05, 4.69) is 15.9 Å². The fourth-order valence-corrected chi connectivity index (χ4v) is 2.40. The van der Waals surface area contributed by atoms with E-state index in [1.54, 1.807) is 37.3 Å². The van der Waals surface area contributed by atoms with Gasteiger partial charge in [0.2, 0.25) is 0 Å². The number of halogens is 2. The average Bonchev–Trinajstić information content (AvgIpc) is 2.38. The Kier molecular flexibility index (Phi) is 7.38. The molecule has 0 bridgehead atoms. The normalized spacial score (nSPS) is 10.5. The Bertz CT molecular complexity index is 420. The molecule has 4 nitrogen and oxygen atoms in total. The van der Waals surface area contributed by atoms with Gasteiger partial charge < -0.3 is 14.4 Å². The highest BCUT2D eigenvalue weighted by Crippen LogP contribution is 2.22. The van der Waals surface area contributed by atoms with Crippen LogP contribution in [0.1, 0.15) is 10.4 Å². The van der Waals surface area contributed by atoms with Gasteiger partial charge in [0, 0.05) is 36.8 Å². The number of carbonyl (C=O) groups excluding carboxylic acids is 1. The van der Waals surface area contributed by atoms with Crippen LogP contribution in [0, 0.1) is 0 Å². The minimum atomic E-state index is -0.0716. The van der Waals surface area contributed by atoms with Crippen molar-refractivity contribution in [3.63, 3.8) is 0 Å². The molecule has 0 fully saturated rings. The number of carbonyl (C=O) groups is 1. The van der Waals surface area contributed by atoms with E-state index >= 15 is 0 Å². The molecule has 1 aromatic rings. The van der Waals surface area contributed by atoms with Crippen LogP contribution in [0.15, 0.2) is 22.7 Å². The lowest BCUT2D eigenvalue weighted by Gasteiger charge is -2.22. The van der Waals surface area contributed by atoms with Crippen molar-refractivity contribution in [2.75, 3.05) is 40.5 Å². The first-order valence-corrected chi connectivity index (χ1v) is 6.99. The number of amides is 1. The van der Waals surface area contributed by atoms with Crippen molar-refractivity contribution < 1.29 is 14.3 Å². The van der Waals surface area contributed by atoms with Crippen LogP contribution in [0.3, 0.4) is 0 Å².